The molecule has 0 radical (unpaired) electrons. The molecule has 4 amide bonds. The van der Waals surface area contributed by atoms with E-state index >= 15 is 0 Å². The summed E-state index contributed by atoms with van der Waals surface area (Å²) in [6.45, 7) is 8.27. The maximum absolute atomic E-state index is 13.6. The van der Waals surface area contributed by atoms with Gasteiger partial charge in [0.25, 0.3) is 21.8 Å². The minimum absolute atomic E-state index is 0.0195. The first kappa shape index (κ1) is 38.7. The van der Waals surface area contributed by atoms with Crippen LogP contribution in [0.5, 0.6) is 0 Å². The van der Waals surface area contributed by atoms with Gasteiger partial charge in [0, 0.05) is 36.2 Å². The number of esters is 2. The van der Waals surface area contributed by atoms with Crippen LogP contribution >= 0.6 is 11.6 Å². The van der Waals surface area contributed by atoms with Gasteiger partial charge in [0.2, 0.25) is 17.6 Å². The Labute approximate surface area is 289 Å². The molecule has 0 aromatic heterocycles. The zero-order valence-corrected chi connectivity index (χ0v) is 29.4. The van der Waals surface area contributed by atoms with Crippen LogP contribution in [-0.4, -0.2) is 75.1 Å². The van der Waals surface area contributed by atoms with Gasteiger partial charge in [0.1, 0.15) is 6.04 Å². The molecule has 14 nitrogen and oxygen atoms in total. The van der Waals surface area contributed by atoms with Crippen LogP contribution in [0.25, 0.3) is 0 Å². The molecule has 0 unspecified atom stereocenters. The molecule has 1 heterocycles. The Morgan fingerprint density at radius 2 is 1.47 bits per heavy atom. The van der Waals surface area contributed by atoms with Crippen molar-refractivity contribution in [1.82, 2.24) is 20.3 Å². The van der Waals surface area contributed by atoms with E-state index in [0.717, 1.165) is 14.0 Å². The summed E-state index contributed by atoms with van der Waals surface area (Å²) in [7, 11) is -3.06. The topological polar surface area (TPSA) is 194 Å². The molecular formula is C33H39ClN4O10S. The fraction of sp³-hybridized carbons (Fsp3) is 0.394. The lowest BCUT2D eigenvalue weighted by Gasteiger charge is -2.27. The van der Waals surface area contributed by atoms with Crippen molar-refractivity contribution < 1.29 is 46.7 Å². The standard InChI is InChI=1S/C33H39ClN4O10S/c1-18(2)26(28(33(44)47-6)48-20(5)39)35-30(41)23-15-16-38(17-23)32(43)27(19(3)4)36-29(40)21-7-9-22(10-8-21)31(42)37-49(45,46)25-13-11-24(34)12-14-25/h7-14,18-19,23,27H,15-17H2,1-6H3,(H,35,41)(H,36,40)(H,37,42)/b28-26+/t23-,27+/m1/s1. The van der Waals surface area contributed by atoms with E-state index < -0.39 is 69.2 Å². The van der Waals surface area contributed by atoms with Crippen molar-refractivity contribution in [2.24, 2.45) is 17.8 Å². The monoisotopic (exact) mass is 718 g/mol. The smallest absolute Gasteiger partial charge is 0.375 e. The summed E-state index contributed by atoms with van der Waals surface area (Å²) in [6.07, 6.45) is 0.306. The van der Waals surface area contributed by atoms with Crippen molar-refractivity contribution in [3.63, 3.8) is 0 Å². The van der Waals surface area contributed by atoms with Crippen LogP contribution < -0.4 is 15.4 Å². The Kier molecular flexibility index (Phi) is 13.1. The number of benzene rings is 2. The second kappa shape index (κ2) is 16.6. The third kappa shape index (κ3) is 10.1. The Morgan fingerprint density at radius 3 is 1.98 bits per heavy atom. The fourth-order valence-electron chi connectivity index (χ4n) is 4.88. The molecule has 0 spiro atoms. The molecule has 1 aliphatic heterocycles. The molecule has 1 aliphatic rings. The quantitative estimate of drug-likeness (QED) is 0.167. The van der Waals surface area contributed by atoms with E-state index in [9.17, 15) is 37.2 Å². The number of methoxy groups -OCH3 is 1. The predicted octanol–water partition coefficient (Wildman–Crippen LogP) is 2.78. The zero-order valence-electron chi connectivity index (χ0n) is 27.9. The van der Waals surface area contributed by atoms with Gasteiger partial charge in [-0.2, -0.15) is 0 Å². The first-order valence-corrected chi connectivity index (χ1v) is 17.1. The van der Waals surface area contributed by atoms with Gasteiger partial charge in [0.05, 0.1) is 23.6 Å². The Balaban J connectivity index is 1.66. The van der Waals surface area contributed by atoms with Gasteiger partial charge in [0.15, 0.2) is 0 Å². The van der Waals surface area contributed by atoms with E-state index in [0.29, 0.717) is 11.4 Å². The number of halogens is 1. The molecule has 49 heavy (non-hydrogen) atoms. The number of nitrogens with one attached hydrogen (secondary N) is 3. The van der Waals surface area contributed by atoms with Crippen LogP contribution in [0.3, 0.4) is 0 Å². The number of hydrogen-bond acceptors (Lipinski definition) is 10. The Hall–Kier alpha value is -4.76. The van der Waals surface area contributed by atoms with Crippen molar-refractivity contribution in [3.05, 3.63) is 76.1 Å². The molecule has 264 valence electrons. The normalized spacial score (nSPS) is 15.6. The lowest BCUT2D eigenvalue weighted by Crippen LogP contribution is -2.51. The number of likely N-dealkylation sites (tertiary alicyclic amines) is 1. The van der Waals surface area contributed by atoms with Crippen molar-refractivity contribution in [2.75, 3.05) is 20.2 Å². The highest BCUT2D eigenvalue weighted by Crippen LogP contribution is 2.22. The van der Waals surface area contributed by atoms with E-state index in [2.05, 4.69) is 10.6 Å². The highest BCUT2D eigenvalue weighted by atomic mass is 35.5. The second-order valence-corrected chi connectivity index (χ2v) is 14.0. The van der Waals surface area contributed by atoms with Gasteiger partial charge in [-0.25, -0.2) is 17.9 Å². The van der Waals surface area contributed by atoms with Crippen molar-refractivity contribution in [3.8, 4) is 0 Å². The zero-order chi connectivity index (χ0) is 36.6. The van der Waals surface area contributed by atoms with Crippen LogP contribution in [-0.2, 0) is 38.7 Å². The molecule has 3 N–H and O–H groups in total. The highest BCUT2D eigenvalue weighted by Gasteiger charge is 2.37. The number of ether oxygens (including phenoxy) is 2. The lowest BCUT2D eigenvalue weighted by atomic mass is 10.0. The fourth-order valence-corrected chi connectivity index (χ4v) is 5.98. The van der Waals surface area contributed by atoms with E-state index in [-0.39, 0.29) is 40.7 Å². The molecule has 1 fully saturated rings. The summed E-state index contributed by atoms with van der Waals surface area (Å²) in [4.78, 5) is 77.8. The molecule has 0 saturated carbocycles. The summed E-state index contributed by atoms with van der Waals surface area (Å²) >= 11 is 5.80. The number of carbonyl (C=O) groups is 6. The number of amides is 4. The van der Waals surface area contributed by atoms with Gasteiger partial charge in [-0.3, -0.25) is 24.0 Å². The molecule has 2 aromatic carbocycles. The van der Waals surface area contributed by atoms with E-state index in [1.807, 2.05) is 4.72 Å². The van der Waals surface area contributed by atoms with Gasteiger partial charge >= 0.3 is 11.9 Å². The summed E-state index contributed by atoms with van der Waals surface area (Å²) in [5, 5.41) is 5.72. The van der Waals surface area contributed by atoms with Crippen LogP contribution in [0.4, 0.5) is 0 Å². The van der Waals surface area contributed by atoms with Crippen LogP contribution in [0.2, 0.25) is 5.02 Å². The Bertz CT molecular complexity index is 1740. The average molecular weight is 719 g/mol. The molecule has 0 bridgehead atoms. The Morgan fingerprint density at radius 1 is 0.898 bits per heavy atom. The lowest BCUT2D eigenvalue weighted by molar-refractivity contribution is -0.149. The molecule has 2 aromatic rings. The van der Waals surface area contributed by atoms with Gasteiger partial charge in [-0.15, -0.1) is 0 Å². The number of hydrogen-bond donors (Lipinski definition) is 3. The van der Waals surface area contributed by atoms with E-state index in [4.69, 9.17) is 21.1 Å². The van der Waals surface area contributed by atoms with Crippen molar-refractivity contribution >= 4 is 57.2 Å². The van der Waals surface area contributed by atoms with E-state index in [1.54, 1.807) is 27.7 Å². The molecule has 1 saturated heterocycles. The number of allylic oxidation sites excluding steroid dienone is 1. The maximum atomic E-state index is 13.6. The van der Waals surface area contributed by atoms with Gasteiger partial charge < -0.3 is 25.0 Å². The number of rotatable bonds is 12. The summed E-state index contributed by atoms with van der Waals surface area (Å²) in [6, 6.07) is 9.53. The third-order valence-electron chi connectivity index (χ3n) is 7.55. The summed E-state index contributed by atoms with van der Waals surface area (Å²) < 4.78 is 36.8. The first-order valence-electron chi connectivity index (χ1n) is 15.3. The predicted molar refractivity (Wildman–Crippen MR) is 177 cm³/mol. The van der Waals surface area contributed by atoms with Crippen molar-refractivity contribution in [2.45, 2.75) is 52.0 Å². The van der Waals surface area contributed by atoms with Crippen LogP contribution in [0.1, 0.15) is 61.8 Å². The summed E-state index contributed by atoms with van der Waals surface area (Å²) in [5.41, 5.74) is 0.168. The average Bonchev–Trinajstić information content (AvgIpc) is 3.55. The van der Waals surface area contributed by atoms with Crippen LogP contribution in [0.15, 0.2) is 64.9 Å². The number of sulfonamides is 1. The molecule has 16 heteroatoms. The largest absolute Gasteiger partial charge is 0.463 e. The first-order chi connectivity index (χ1) is 22.9. The number of carbonyl (C=O) groups excluding carboxylic acids is 6. The SMILES string of the molecule is COC(=O)/C(OC(C)=O)=C(\NC(=O)[C@@H]1CCN(C(=O)[C@@H](NC(=O)c2ccc(C(=O)NS(=O)(=O)c3ccc(Cl)cc3)cc2)C(C)C)C1)C(C)C. The van der Waals surface area contributed by atoms with E-state index in [1.165, 1.54) is 53.4 Å². The molecular weight excluding hydrogens is 680 g/mol. The molecule has 3 rings (SSSR count). The minimum atomic E-state index is -4.17. The highest BCUT2D eigenvalue weighted by molar-refractivity contribution is 7.90. The summed E-state index contributed by atoms with van der Waals surface area (Å²) in [5.74, 6) is -5.95. The second-order valence-electron chi connectivity index (χ2n) is 11.9. The number of nitrogens with zero attached hydrogens (tertiary/aromatic N) is 1. The van der Waals surface area contributed by atoms with Gasteiger partial charge in [-0.05, 0) is 66.8 Å². The van der Waals surface area contributed by atoms with Gasteiger partial charge in [-0.1, -0.05) is 39.3 Å². The van der Waals surface area contributed by atoms with Crippen molar-refractivity contribution in [1.29, 1.82) is 0 Å². The molecule has 0 aliphatic carbocycles. The maximum Gasteiger partial charge on any atom is 0.375 e. The third-order valence-corrected chi connectivity index (χ3v) is 9.15. The molecule has 2 atom stereocenters. The van der Waals surface area contributed by atoms with Crippen LogP contribution in [0, 0.1) is 17.8 Å². The minimum Gasteiger partial charge on any atom is -0.463 e.